The molecule has 0 saturated carbocycles. The molecular formula is C17H27NO2. The first-order valence-corrected chi connectivity index (χ1v) is 7.34. The summed E-state index contributed by atoms with van der Waals surface area (Å²) in [5, 5.41) is 2.95. The Morgan fingerprint density at radius 1 is 1.20 bits per heavy atom. The van der Waals surface area contributed by atoms with Crippen LogP contribution >= 0.6 is 0 Å². The van der Waals surface area contributed by atoms with E-state index < -0.39 is 0 Å². The van der Waals surface area contributed by atoms with Crippen LogP contribution in [-0.2, 0) is 4.79 Å². The van der Waals surface area contributed by atoms with Gasteiger partial charge < -0.3 is 10.1 Å². The third-order valence-corrected chi connectivity index (χ3v) is 3.54. The molecule has 1 atom stereocenters. The van der Waals surface area contributed by atoms with E-state index in [-0.39, 0.29) is 18.6 Å². The summed E-state index contributed by atoms with van der Waals surface area (Å²) in [4.78, 5) is 11.9. The molecule has 0 aliphatic carbocycles. The lowest BCUT2D eigenvalue weighted by Crippen LogP contribution is -2.39. The number of aryl methyl sites for hydroxylation is 1. The Labute approximate surface area is 122 Å². The van der Waals surface area contributed by atoms with Crippen LogP contribution in [0.5, 0.6) is 5.75 Å². The highest BCUT2D eigenvalue weighted by Crippen LogP contribution is 2.27. The average Bonchev–Trinajstić information content (AvgIpc) is 2.35. The molecule has 0 bridgehead atoms. The van der Waals surface area contributed by atoms with Crippen LogP contribution < -0.4 is 10.1 Å². The monoisotopic (exact) mass is 277 g/mol. The first-order chi connectivity index (χ1) is 9.31. The Hall–Kier alpha value is -1.51. The molecule has 3 nitrogen and oxygen atoms in total. The number of carbonyl (C=O) groups is 1. The standard InChI is InChI=1S/C17H27NO2/c1-11(2)14(6)18-17(19)10-20-16-9-13(5)7-8-15(16)12(3)4/h7-9,11-12,14H,10H2,1-6H3,(H,18,19)/t14-/m1/s1. The molecule has 1 aromatic carbocycles. The van der Waals surface area contributed by atoms with Gasteiger partial charge in [-0.05, 0) is 42.9 Å². The third kappa shape index (κ3) is 4.87. The van der Waals surface area contributed by atoms with Crippen LogP contribution in [0.2, 0.25) is 0 Å². The van der Waals surface area contributed by atoms with E-state index >= 15 is 0 Å². The van der Waals surface area contributed by atoms with Gasteiger partial charge in [0.25, 0.3) is 5.91 Å². The highest BCUT2D eigenvalue weighted by Gasteiger charge is 2.13. The average molecular weight is 277 g/mol. The number of hydrogen-bond acceptors (Lipinski definition) is 2. The zero-order chi connectivity index (χ0) is 15.3. The number of amides is 1. The van der Waals surface area contributed by atoms with Crippen molar-refractivity contribution in [3.63, 3.8) is 0 Å². The highest BCUT2D eigenvalue weighted by molar-refractivity contribution is 5.77. The molecule has 1 rings (SSSR count). The van der Waals surface area contributed by atoms with Crippen molar-refractivity contribution in [2.24, 2.45) is 5.92 Å². The number of hydrogen-bond donors (Lipinski definition) is 1. The third-order valence-electron chi connectivity index (χ3n) is 3.54. The van der Waals surface area contributed by atoms with Crippen molar-refractivity contribution in [1.29, 1.82) is 0 Å². The molecule has 1 aromatic rings. The Kier molecular flexibility index (Phi) is 6.05. The second-order valence-electron chi connectivity index (χ2n) is 6.08. The fraction of sp³-hybridized carbons (Fsp3) is 0.588. The highest BCUT2D eigenvalue weighted by atomic mass is 16.5. The summed E-state index contributed by atoms with van der Waals surface area (Å²) in [6.07, 6.45) is 0. The zero-order valence-corrected chi connectivity index (χ0v) is 13.5. The topological polar surface area (TPSA) is 38.3 Å². The van der Waals surface area contributed by atoms with E-state index in [0.717, 1.165) is 16.9 Å². The van der Waals surface area contributed by atoms with Gasteiger partial charge >= 0.3 is 0 Å². The van der Waals surface area contributed by atoms with Gasteiger partial charge in [0.05, 0.1) is 0 Å². The maximum absolute atomic E-state index is 11.9. The molecule has 0 aliphatic heterocycles. The lowest BCUT2D eigenvalue weighted by atomic mass is 10.0. The fourth-order valence-electron chi connectivity index (χ4n) is 1.85. The van der Waals surface area contributed by atoms with Crippen LogP contribution in [0.3, 0.4) is 0 Å². The van der Waals surface area contributed by atoms with Gasteiger partial charge in [0.15, 0.2) is 6.61 Å². The molecule has 0 aromatic heterocycles. The lowest BCUT2D eigenvalue weighted by Gasteiger charge is -2.19. The summed E-state index contributed by atoms with van der Waals surface area (Å²) in [5.41, 5.74) is 2.28. The van der Waals surface area contributed by atoms with E-state index in [0.29, 0.717) is 11.8 Å². The predicted octanol–water partition coefficient (Wildman–Crippen LogP) is 3.66. The molecule has 0 radical (unpaired) electrons. The van der Waals surface area contributed by atoms with Gasteiger partial charge in [-0.25, -0.2) is 0 Å². The van der Waals surface area contributed by atoms with Crippen molar-refractivity contribution in [3.8, 4) is 5.75 Å². The minimum Gasteiger partial charge on any atom is -0.483 e. The molecule has 0 heterocycles. The van der Waals surface area contributed by atoms with Crippen LogP contribution in [0.1, 0.15) is 51.7 Å². The van der Waals surface area contributed by atoms with Crippen LogP contribution in [0.15, 0.2) is 18.2 Å². The Morgan fingerprint density at radius 3 is 2.40 bits per heavy atom. The predicted molar refractivity (Wildman–Crippen MR) is 83.2 cm³/mol. The molecule has 0 spiro atoms. The summed E-state index contributed by atoms with van der Waals surface area (Å²) in [5.74, 6) is 1.54. The minimum absolute atomic E-state index is 0.0672. The number of nitrogens with one attached hydrogen (secondary N) is 1. The second-order valence-corrected chi connectivity index (χ2v) is 6.08. The van der Waals surface area contributed by atoms with Crippen LogP contribution in [-0.4, -0.2) is 18.6 Å². The molecule has 0 fully saturated rings. The van der Waals surface area contributed by atoms with Gasteiger partial charge in [0, 0.05) is 6.04 Å². The number of benzene rings is 1. The van der Waals surface area contributed by atoms with E-state index in [9.17, 15) is 4.79 Å². The summed E-state index contributed by atoms with van der Waals surface area (Å²) in [7, 11) is 0. The Bertz CT molecular complexity index is 452. The van der Waals surface area contributed by atoms with E-state index in [1.807, 2.05) is 19.9 Å². The van der Waals surface area contributed by atoms with Crippen molar-refractivity contribution < 1.29 is 9.53 Å². The van der Waals surface area contributed by atoms with Crippen LogP contribution in [0.4, 0.5) is 0 Å². The molecule has 0 unspecified atom stereocenters. The lowest BCUT2D eigenvalue weighted by molar-refractivity contribution is -0.124. The molecule has 1 N–H and O–H groups in total. The molecular weight excluding hydrogens is 250 g/mol. The molecule has 112 valence electrons. The van der Waals surface area contributed by atoms with Crippen LogP contribution in [0, 0.1) is 12.8 Å². The van der Waals surface area contributed by atoms with E-state index in [1.54, 1.807) is 0 Å². The van der Waals surface area contributed by atoms with Crippen LogP contribution in [0.25, 0.3) is 0 Å². The summed E-state index contributed by atoms with van der Waals surface area (Å²) in [6.45, 7) is 12.5. The van der Waals surface area contributed by atoms with Crippen molar-refractivity contribution in [3.05, 3.63) is 29.3 Å². The van der Waals surface area contributed by atoms with Crippen molar-refractivity contribution in [1.82, 2.24) is 5.32 Å². The van der Waals surface area contributed by atoms with Gasteiger partial charge in [-0.15, -0.1) is 0 Å². The summed E-state index contributed by atoms with van der Waals surface area (Å²) in [6, 6.07) is 6.30. The van der Waals surface area contributed by atoms with Crippen molar-refractivity contribution >= 4 is 5.91 Å². The minimum atomic E-state index is -0.0672. The molecule has 3 heteroatoms. The van der Waals surface area contributed by atoms with Gasteiger partial charge in [0.2, 0.25) is 0 Å². The molecule has 0 saturated heterocycles. The molecule has 0 aliphatic rings. The van der Waals surface area contributed by atoms with E-state index in [1.165, 1.54) is 0 Å². The summed E-state index contributed by atoms with van der Waals surface area (Å²) < 4.78 is 5.71. The summed E-state index contributed by atoms with van der Waals surface area (Å²) >= 11 is 0. The van der Waals surface area contributed by atoms with E-state index in [4.69, 9.17) is 4.74 Å². The van der Waals surface area contributed by atoms with Crippen molar-refractivity contribution in [2.75, 3.05) is 6.61 Å². The van der Waals surface area contributed by atoms with Gasteiger partial charge in [-0.1, -0.05) is 39.8 Å². The smallest absolute Gasteiger partial charge is 0.258 e. The van der Waals surface area contributed by atoms with Gasteiger partial charge in [-0.2, -0.15) is 0 Å². The molecule has 1 amide bonds. The number of ether oxygens (including phenoxy) is 1. The van der Waals surface area contributed by atoms with Gasteiger partial charge in [0.1, 0.15) is 5.75 Å². The Morgan fingerprint density at radius 2 is 1.85 bits per heavy atom. The van der Waals surface area contributed by atoms with E-state index in [2.05, 4.69) is 45.1 Å². The first kappa shape index (κ1) is 16.5. The zero-order valence-electron chi connectivity index (χ0n) is 13.5. The largest absolute Gasteiger partial charge is 0.483 e. The fourth-order valence-corrected chi connectivity index (χ4v) is 1.85. The SMILES string of the molecule is Cc1ccc(C(C)C)c(OCC(=O)N[C@H](C)C(C)C)c1. The van der Waals surface area contributed by atoms with Gasteiger partial charge in [-0.3, -0.25) is 4.79 Å². The first-order valence-electron chi connectivity index (χ1n) is 7.34. The quantitative estimate of drug-likeness (QED) is 0.861. The Balaban J connectivity index is 2.65. The molecule has 20 heavy (non-hydrogen) atoms. The maximum atomic E-state index is 11.9. The van der Waals surface area contributed by atoms with Crippen molar-refractivity contribution in [2.45, 2.75) is 53.5 Å². The normalized spacial score (nSPS) is 12.6. The second kappa shape index (κ2) is 7.32. The number of carbonyl (C=O) groups excluding carboxylic acids is 1. The maximum Gasteiger partial charge on any atom is 0.258 e. The number of rotatable bonds is 6.